The van der Waals surface area contributed by atoms with E-state index in [2.05, 4.69) is 5.32 Å². The summed E-state index contributed by atoms with van der Waals surface area (Å²) in [4.78, 5) is 12.2. The van der Waals surface area contributed by atoms with Gasteiger partial charge in [-0.05, 0) is 49.4 Å². The fourth-order valence-electron chi connectivity index (χ4n) is 2.21. The third-order valence-corrected chi connectivity index (χ3v) is 4.45. The second-order valence-corrected chi connectivity index (χ2v) is 7.00. The fraction of sp³-hybridized carbons (Fsp3) is 0.500. The molecule has 2 rings (SSSR count). The van der Waals surface area contributed by atoms with Gasteiger partial charge in [-0.1, -0.05) is 0 Å². The molecule has 6 nitrogen and oxygen atoms in total. The molecule has 1 aromatic carbocycles. The van der Waals surface area contributed by atoms with Gasteiger partial charge in [-0.3, -0.25) is 4.79 Å². The first-order valence-electron chi connectivity index (χ1n) is 6.78. The largest absolute Gasteiger partial charge is 0.380 e. The summed E-state index contributed by atoms with van der Waals surface area (Å²) in [5.74, 6) is 0.228. The number of hydrogen-bond acceptors (Lipinski definition) is 4. The topological polar surface area (TPSA) is 98.5 Å². The maximum Gasteiger partial charge on any atom is 0.251 e. The normalized spacial score (nSPS) is 16.5. The molecule has 1 unspecified atom stereocenters. The van der Waals surface area contributed by atoms with Gasteiger partial charge in [-0.15, -0.1) is 0 Å². The summed E-state index contributed by atoms with van der Waals surface area (Å²) in [5, 5.41) is 8.04. The molecule has 7 heteroatoms. The Hall–Kier alpha value is -1.44. The Morgan fingerprint density at radius 3 is 2.62 bits per heavy atom. The zero-order valence-corrected chi connectivity index (χ0v) is 12.9. The van der Waals surface area contributed by atoms with Crippen molar-refractivity contribution >= 4 is 15.9 Å². The van der Waals surface area contributed by atoms with E-state index in [1.165, 1.54) is 19.2 Å². The monoisotopic (exact) mass is 312 g/mol. The fourth-order valence-corrected chi connectivity index (χ4v) is 2.82. The standard InChI is InChI=1S/C14H20N2O4S/c1-9(11-3-4-11)16-14(17)12-5-10(8-20-2)6-13(7-12)21(15,18)19/h5-7,9,11H,3-4,8H2,1-2H3,(H,16,17)(H2,15,18,19). The number of nitrogens with one attached hydrogen (secondary N) is 1. The predicted octanol–water partition coefficient (Wildman–Crippen LogP) is 1.01. The van der Waals surface area contributed by atoms with Crippen molar-refractivity contribution in [3.8, 4) is 0 Å². The van der Waals surface area contributed by atoms with Gasteiger partial charge in [0.2, 0.25) is 10.0 Å². The van der Waals surface area contributed by atoms with E-state index in [1.807, 2.05) is 6.92 Å². The van der Waals surface area contributed by atoms with Crippen LogP contribution in [0.15, 0.2) is 23.1 Å². The van der Waals surface area contributed by atoms with Crippen molar-refractivity contribution < 1.29 is 17.9 Å². The lowest BCUT2D eigenvalue weighted by Crippen LogP contribution is -2.34. The third-order valence-electron chi connectivity index (χ3n) is 3.56. The van der Waals surface area contributed by atoms with Crippen LogP contribution in [0.1, 0.15) is 35.7 Å². The molecular formula is C14H20N2O4S. The number of sulfonamides is 1. The number of hydrogen-bond donors (Lipinski definition) is 2. The lowest BCUT2D eigenvalue weighted by molar-refractivity contribution is 0.0935. The zero-order valence-electron chi connectivity index (χ0n) is 12.1. The van der Waals surface area contributed by atoms with E-state index in [0.29, 0.717) is 11.5 Å². The molecule has 1 amide bonds. The van der Waals surface area contributed by atoms with Gasteiger partial charge in [0.05, 0.1) is 11.5 Å². The van der Waals surface area contributed by atoms with Gasteiger partial charge >= 0.3 is 0 Å². The summed E-state index contributed by atoms with van der Waals surface area (Å²) in [7, 11) is -2.37. The van der Waals surface area contributed by atoms with Crippen molar-refractivity contribution in [3.63, 3.8) is 0 Å². The Balaban J connectivity index is 2.28. The van der Waals surface area contributed by atoms with E-state index in [-0.39, 0.29) is 29.0 Å². The Labute approximate surface area is 124 Å². The third kappa shape index (κ3) is 4.26. The van der Waals surface area contributed by atoms with Crippen LogP contribution in [0, 0.1) is 5.92 Å². The van der Waals surface area contributed by atoms with Crippen molar-refractivity contribution in [2.24, 2.45) is 11.1 Å². The molecule has 0 aromatic heterocycles. The van der Waals surface area contributed by atoms with Crippen molar-refractivity contribution in [1.82, 2.24) is 5.32 Å². The highest BCUT2D eigenvalue weighted by Gasteiger charge is 2.29. The average Bonchev–Trinajstić information content (AvgIpc) is 3.21. The quantitative estimate of drug-likeness (QED) is 0.819. The molecule has 21 heavy (non-hydrogen) atoms. The molecule has 1 fully saturated rings. The summed E-state index contributed by atoms with van der Waals surface area (Å²) in [6.45, 7) is 2.16. The van der Waals surface area contributed by atoms with Crippen LogP contribution in [0.5, 0.6) is 0 Å². The second kappa shape index (κ2) is 6.13. The molecule has 0 radical (unpaired) electrons. The van der Waals surface area contributed by atoms with Crippen molar-refractivity contribution in [1.29, 1.82) is 0 Å². The molecule has 1 aliphatic carbocycles. The number of carbonyl (C=O) groups is 1. The SMILES string of the molecule is COCc1cc(C(=O)NC(C)C2CC2)cc(S(N)(=O)=O)c1. The molecule has 3 N–H and O–H groups in total. The van der Waals surface area contributed by atoms with Crippen LogP contribution in [0.3, 0.4) is 0 Å². The molecule has 0 saturated heterocycles. The van der Waals surface area contributed by atoms with Crippen LogP contribution in [-0.2, 0) is 21.4 Å². The molecular weight excluding hydrogens is 292 g/mol. The van der Waals surface area contributed by atoms with Crippen LogP contribution < -0.4 is 10.5 Å². The first-order chi connectivity index (χ1) is 9.81. The molecule has 116 valence electrons. The zero-order chi connectivity index (χ0) is 15.6. The first kappa shape index (κ1) is 15.9. The molecule has 0 bridgehead atoms. The van der Waals surface area contributed by atoms with Crippen LogP contribution in [0.4, 0.5) is 0 Å². The van der Waals surface area contributed by atoms with Gasteiger partial charge in [-0.25, -0.2) is 13.6 Å². The Kier molecular flexibility index (Phi) is 4.65. The molecule has 0 aliphatic heterocycles. The molecule has 1 saturated carbocycles. The van der Waals surface area contributed by atoms with Gasteiger partial charge in [0.25, 0.3) is 5.91 Å². The van der Waals surface area contributed by atoms with E-state index < -0.39 is 10.0 Å². The number of carbonyl (C=O) groups excluding carboxylic acids is 1. The number of methoxy groups -OCH3 is 1. The Morgan fingerprint density at radius 2 is 2.10 bits per heavy atom. The van der Waals surface area contributed by atoms with E-state index in [4.69, 9.17) is 9.88 Å². The number of nitrogens with two attached hydrogens (primary N) is 1. The highest BCUT2D eigenvalue weighted by molar-refractivity contribution is 7.89. The van der Waals surface area contributed by atoms with Gasteiger partial charge in [0.1, 0.15) is 0 Å². The maximum atomic E-state index is 12.2. The lowest BCUT2D eigenvalue weighted by Gasteiger charge is -2.14. The second-order valence-electron chi connectivity index (χ2n) is 5.44. The minimum Gasteiger partial charge on any atom is -0.380 e. The van der Waals surface area contributed by atoms with Crippen LogP contribution in [0.2, 0.25) is 0 Å². The minimum absolute atomic E-state index is 0.0822. The van der Waals surface area contributed by atoms with Gasteiger partial charge < -0.3 is 10.1 Å². The molecule has 0 spiro atoms. The molecule has 1 aliphatic rings. The van der Waals surface area contributed by atoms with Crippen LogP contribution in [-0.4, -0.2) is 27.5 Å². The summed E-state index contributed by atoms with van der Waals surface area (Å²) in [6.07, 6.45) is 2.24. The van der Waals surface area contributed by atoms with Crippen molar-refractivity contribution in [2.75, 3.05) is 7.11 Å². The van der Waals surface area contributed by atoms with Crippen molar-refractivity contribution in [2.45, 2.75) is 37.3 Å². The number of amides is 1. The van der Waals surface area contributed by atoms with Crippen molar-refractivity contribution in [3.05, 3.63) is 29.3 Å². The summed E-state index contributed by atoms with van der Waals surface area (Å²) in [6, 6.07) is 4.41. The Bertz CT molecular complexity index is 638. The van der Waals surface area contributed by atoms with Gasteiger partial charge in [0, 0.05) is 18.7 Å². The maximum absolute atomic E-state index is 12.2. The highest BCUT2D eigenvalue weighted by atomic mass is 32.2. The summed E-state index contributed by atoms with van der Waals surface area (Å²) < 4.78 is 28.0. The number of primary sulfonamides is 1. The number of rotatable bonds is 6. The van der Waals surface area contributed by atoms with Gasteiger partial charge in [-0.2, -0.15) is 0 Å². The molecule has 1 aromatic rings. The van der Waals surface area contributed by atoms with E-state index >= 15 is 0 Å². The van der Waals surface area contributed by atoms with Crippen LogP contribution in [0.25, 0.3) is 0 Å². The van der Waals surface area contributed by atoms with E-state index in [1.54, 1.807) is 6.07 Å². The first-order valence-corrected chi connectivity index (χ1v) is 8.32. The van der Waals surface area contributed by atoms with Crippen LogP contribution >= 0.6 is 0 Å². The summed E-state index contributed by atoms with van der Waals surface area (Å²) >= 11 is 0. The minimum atomic E-state index is -3.87. The molecule has 0 heterocycles. The number of ether oxygens (including phenoxy) is 1. The predicted molar refractivity (Wildman–Crippen MR) is 78.2 cm³/mol. The van der Waals surface area contributed by atoms with E-state index in [0.717, 1.165) is 12.8 Å². The number of benzene rings is 1. The smallest absolute Gasteiger partial charge is 0.251 e. The highest BCUT2D eigenvalue weighted by Crippen LogP contribution is 2.32. The average molecular weight is 312 g/mol. The Morgan fingerprint density at radius 1 is 1.43 bits per heavy atom. The lowest BCUT2D eigenvalue weighted by atomic mass is 10.1. The molecule has 1 atom stereocenters. The van der Waals surface area contributed by atoms with E-state index in [9.17, 15) is 13.2 Å². The van der Waals surface area contributed by atoms with Gasteiger partial charge in [0.15, 0.2) is 0 Å². The summed E-state index contributed by atoms with van der Waals surface area (Å²) in [5.41, 5.74) is 0.870.